The Hall–Kier alpha value is -3.61. The van der Waals surface area contributed by atoms with Gasteiger partial charge >= 0.3 is 0 Å². The number of carbonyl (C=O) groups is 2. The molecule has 0 fully saturated rings. The number of methoxy groups -OCH3 is 1. The number of aromatic nitrogens is 2. The zero-order valence-corrected chi connectivity index (χ0v) is 16.4. The molecule has 1 aliphatic rings. The summed E-state index contributed by atoms with van der Waals surface area (Å²) in [6.07, 6.45) is 0. The maximum Gasteiger partial charge on any atom is 0.276 e. The van der Waals surface area contributed by atoms with Gasteiger partial charge in [0.25, 0.3) is 11.8 Å². The molecule has 1 aromatic heterocycles. The number of hydrogen-bond donors (Lipinski definition) is 1. The molecule has 2 amide bonds. The van der Waals surface area contributed by atoms with Crippen molar-refractivity contribution in [3.63, 3.8) is 0 Å². The van der Waals surface area contributed by atoms with Crippen LogP contribution in [0.2, 0.25) is 0 Å². The fourth-order valence-corrected chi connectivity index (χ4v) is 3.28. The summed E-state index contributed by atoms with van der Waals surface area (Å²) in [5.41, 5.74) is 3.49. The van der Waals surface area contributed by atoms with Crippen molar-refractivity contribution in [2.45, 2.75) is 20.0 Å². The third-order valence-corrected chi connectivity index (χ3v) is 4.94. The van der Waals surface area contributed by atoms with Crippen LogP contribution >= 0.6 is 0 Å². The fourth-order valence-electron chi connectivity index (χ4n) is 3.28. The minimum Gasteiger partial charge on any atom is -0.497 e. The Balaban J connectivity index is 1.47. The van der Waals surface area contributed by atoms with Gasteiger partial charge in [-0.2, -0.15) is 5.10 Å². The number of hydrogen-bond acceptors (Lipinski definition) is 4. The summed E-state index contributed by atoms with van der Waals surface area (Å²) >= 11 is 0. The van der Waals surface area contributed by atoms with Crippen LogP contribution in [0.15, 0.2) is 54.6 Å². The number of amides is 2. The number of nitrogens with one attached hydrogen (secondary N) is 1. The molecule has 2 heterocycles. The minimum atomic E-state index is -0.328. The van der Waals surface area contributed by atoms with Gasteiger partial charge in [0.05, 0.1) is 13.7 Å². The Bertz CT molecular complexity index is 1040. The van der Waals surface area contributed by atoms with Crippen LogP contribution in [0.5, 0.6) is 5.75 Å². The Morgan fingerprint density at radius 3 is 2.52 bits per heavy atom. The predicted octanol–water partition coefficient (Wildman–Crippen LogP) is 3.11. The molecule has 148 valence electrons. The number of rotatable bonds is 5. The van der Waals surface area contributed by atoms with Gasteiger partial charge in [0.15, 0.2) is 5.69 Å². The summed E-state index contributed by atoms with van der Waals surface area (Å²) in [7, 11) is 1.62. The van der Waals surface area contributed by atoms with E-state index < -0.39 is 0 Å². The summed E-state index contributed by atoms with van der Waals surface area (Å²) in [5.74, 6) is 0.320. The molecule has 0 unspecified atom stereocenters. The van der Waals surface area contributed by atoms with Crippen molar-refractivity contribution in [3.8, 4) is 5.75 Å². The highest BCUT2D eigenvalue weighted by molar-refractivity contribution is 6.04. The lowest BCUT2D eigenvalue weighted by Gasteiger charge is -2.27. The van der Waals surface area contributed by atoms with E-state index in [0.717, 1.165) is 16.9 Å². The lowest BCUT2D eigenvalue weighted by Crippen LogP contribution is -2.39. The fraction of sp³-hybridized carbons (Fsp3) is 0.227. The van der Waals surface area contributed by atoms with Crippen molar-refractivity contribution in [1.82, 2.24) is 14.7 Å². The standard InChI is InChI=1S/C22H22N4O3/c1-15-3-7-17(8-4-15)23-21(27)19-13-20-22(28)25(11-12-26(20)24-19)14-16-5-9-18(29-2)10-6-16/h3-10,13H,11-12,14H2,1-2H3,(H,23,27). The van der Waals surface area contributed by atoms with Gasteiger partial charge in [-0.15, -0.1) is 0 Å². The zero-order valence-electron chi connectivity index (χ0n) is 16.4. The van der Waals surface area contributed by atoms with E-state index in [0.29, 0.717) is 31.0 Å². The third-order valence-electron chi connectivity index (χ3n) is 4.94. The van der Waals surface area contributed by atoms with Gasteiger partial charge in [0.2, 0.25) is 0 Å². The highest BCUT2D eigenvalue weighted by atomic mass is 16.5. The number of carbonyl (C=O) groups excluding carboxylic acids is 2. The van der Waals surface area contributed by atoms with E-state index in [1.54, 1.807) is 22.8 Å². The summed E-state index contributed by atoms with van der Waals surface area (Å²) in [5, 5.41) is 7.14. The Labute approximate surface area is 168 Å². The number of nitrogens with zero attached hydrogens (tertiary/aromatic N) is 3. The van der Waals surface area contributed by atoms with Crippen molar-refractivity contribution in [2.24, 2.45) is 0 Å². The van der Waals surface area contributed by atoms with Gasteiger partial charge in [0, 0.05) is 24.8 Å². The van der Waals surface area contributed by atoms with E-state index >= 15 is 0 Å². The first-order valence-corrected chi connectivity index (χ1v) is 9.41. The topological polar surface area (TPSA) is 76.5 Å². The molecule has 0 aliphatic carbocycles. The van der Waals surface area contributed by atoms with E-state index in [4.69, 9.17) is 4.74 Å². The molecule has 7 nitrogen and oxygen atoms in total. The van der Waals surface area contributed by atoms with Crippen molar-refractivity contribution < 1.29 is 14.3 Å². The van der Waals surface area contributed by atoms with Crippen molar-refractivity contribution in [2.75, 3.05) is 19.0 Å². The van der Waals surface area contributed by atoms with Gasteiger partial charge in [-0.05, 0) is 36.8 Å². The molecular weight excluding hydrogens is 368 g/mol. The van der Waals surface area contributed by atoms with Gasteiger partial charge < -0.3 is 15.0 Å². The highest BCUT2D eigenvalue weighted by Gasteiger charge is 2.28. The minimum absolute atomic E-state index is 0.131. The molecule has 0 atom stereocenters. The van der Waals surface area contributed by atoms with E-state index in [1.165, 1.54) is 0 Å². The summed E-state index contributed by atoms with van der Waals surface area (Å²) in [6, 6.07) is 16.7. The summed E-state index contributed by atoms with van der Waals surface area (Å²) < 4.78 is 6.78. The monoisotopic (exact) mass is 390 g/mol. The molecule has 3 aromatic rings. The average Bonchev–Trinajstić information content (AvgIpc) is 3.18. The Kier molecular flexibility index (Phi) is 5.03. The third kappa shape index (κ3) is 3.99. The molecule has 0 saturated carbocycles. The maximum absolute atomic E-state index is 12.9. The lowest BCUT2D eigenvalue weighted by molar-refractivity contribution is 0.0683. The van der Waals surface area contributed by atoms with Crippen LogP contribution in [-0.2, 0) is 13.1 Å². The number of benzene rings is 2. The van der Waals surface area contributed by atoms with Crippen LogP contribution in [0.25, 0.3) is 0 Å². The molecule has 2 aromatic carbocycles. The molecule has 0 saturated heterocycles. The first kappa shape index (κ1) is 18.7. The van der Waals surface area contributed by atoms with Gasteiger partial charge in [-0.3, -0.25) is 14.3 Å². The van der Waals surface area contributed by atoms with Gasteiger partial charge in [-0.25, -0.2) is 0 Å². The number of ether oxygens (including phenoxy) is 1. The van der Waals surface area contributed by atoms with Crippen molar-refractivity contribution in [1.29, 1.82) is 0 Å². The van der Waals surface area contributed by atoms with Crippen LogP contribution in [-0.4, -0.2) is 40.1 Å². The molecule has 0 bridgehead atoms. The number of fused-ring (bicyclic) bond motifs is 1. The van der Waals surface area contributed by atoms with Crippen LogP contribution in [0.3, 0.4) is 0 Å². The maximum atomic E-state index is 12.9. The Morgan fingerprint density at radius 1 is 1.10 bits per heavy atom. The normalized spacial score (nSPS) is 13.2. The molecule has 4 rings (SSSR count). The first-order valence-electron chi connectivity index (χ1n) is 9.41. The SMILES string of the molecule is COc1ccc(CN2CCn3nc(C(=O)Nc4ccc(C)cc4)cc3C2=O)cc1. The second-order valence-corrected chi connectivity index (χ2v) is 7.03. The van der Waals surface area contributed by atoms with E-state index in [9.17, 15) is 9.59 Å². The van der Waals surface area contributed by atoms with E-state index in [-0.39, 0.29) is 17.5 Å². The quantitative estimate of drug-likeness (QED) is 0.726. The van der Waals surface area contributed by atoms with E-state index in [2.05, 4.69) is 10.4 Å². The number of anilines is 1. The van der Waals surface area contributed by atoms with Gasteiger partial charge in [-0.1, -0.05) is 29.8 Å². The Morgan fingerprint density at radius 2 is 1.83 bits per heavy atom. The highest BCUT2D eigenvalue weighted by Crippen LogP contribution is 2.19. The average molecular weight is 390 g/mol. The summed E-state index contributed by atoms with van der Waals surface area (Å²) in [4.78, 5) is 27.2. The first-order chi connectivity index (χ1) is 14.0. The molecule has 1 aliphatic heterocycles. The van der Waals surface area contributed by atoms with Crippen LogP contribution < -0.4 is 10.1 Å². The zero-order chi connectivity index (χ0) is 20.4. The second-order valence-electron chi connectivity index (χ2n) is 7.03. The predicted molar refractivity (Wildman–Crippen MR) is 109 cm³/mol. The van der Waals surface area contributed by atoms with Crippen LogP contribution in [0.1, 0.15) is 32.1 Å². The number of aryl methyl sites for hydroxylation is 1. The molecule has 1 N–H and O–H groups in total. The second kappa shape index (κ2) is 7.79. The molecule has 0 spiro atoms. The lowest BCUT2D eigenvalue weighted by atomic mass is 10.1. The molecule has 7 heteroatoms. The van der Waals surface area contributed by atoms with Crippen molar-refractivity contribution in [3.05, 3.63) is 77.1 Å². The van der Waals surface area contributed by atoms with E-state index in [1.807, 2.05) is 55.5 Å². The van der Waals surface area contributed by atoms with Crippen LogP contribution in [0.4, 0.5) is 5.69 Å². The van der Waals surface area contributed by atoms with Crippen molar-refractivity contribution >= 4 is 17.5 Å². The largest absolute Gasteiger partial charge is 0.497 e. The molecule has 0 radical (unpaired) electrons. The molecular formula is C22H22N4O3. The molecule has 29 heavy (non-hydrogen) atoms. The van der Waals surface area contributed by atoms with Crippen LogP contribution in [0, 0.1) is 6.92 Å². The van der Waals surface area contributed by atoms with Gasteiger partial charge in [0.1, 0.15) is 11.4 Å². The summed E-state index contributed by atoms with van der Waals surface area (Å²) in [6.45, 7) is 3.57. The smallest absolute Gasteiger partial charge is 0.276 e.